The van der Waals surface area contributed by atoms with E-state index in [1.54, 1.807) is 0 Å². The lowest BCUT2D eigenvalue weighted by molar-refractivity contribution is -0.122. The van der Waals surface area contributed by atoms with Crippen LogP contribution < -0.4 is 5.32 Å². The van der Waals surface area contributed by atoms with Crippen molar-refractivity contribution in [2.75, 3.05) is 12.4 Å². The van der Waals surface area contributed by atoms with Crippen molar-refractivity contribution in [3.63, 3.8) is 0 Å². The van der Waals surface area contributed by atoms with Crippen LogP contribution in [0.1, 0.15) is 30.3 Å². The predicted octanol–water partition coefficient (Wildman–Crippen LogP) is 1.97. The van der Waals surface area contributed by atoms with Crippen LogP contribution >= 0.6 is 11.6 Å². The number of amides is 1. The van der Waals surface area contributed by atoms with E-state index in [1.165, 1.54) is 0 Å². The van der Waals surface area contributed by atoms with Crippen molar-refractivity contribution in [2.45, 2.75) is 32.2 Å². The molecule has 1 fully saturated rings. The van der Waals surface area contributed by atoms with Gasteiger partial charge in [-0.2, -0.15) is 0 Å². The molecule has 6 heteroatoms. The lowest BCUT2D eigenvalue weighted by Gasteiger charge is -2.25. The third kappa shape index (κ3) is 2.38. The second-order valence-corrected chi connectivity index (χ2v) is 5.57. The number of fused-ring (bicyclic) bond motifs is 1. The smallest absolute Gasteiger partial charge is 0.220 e. The number of aromatic nitrogens is 3. The highest BCUT2D eigenvalue weighted by atomic mass is 35.5. The first-order valence-electron chi connectivity index (χ1n) is 6.85. The standard InChI is InChI=1S/C14H17ClN4O/c1-9-6-11-14(17-7-9)19(12(18-11)4-5-15)10-2-3-13(20)16-8-10/h6-7,10H,2-5,8H2,1H3,(H,16,20). The molecule has 0 saturated carbocycles. The molecule has 1 aliphatic heterocycles. The molecule has 20 heavy (non-hydrogen) atoms. The van der Waals surface area contributed by atoms with Crippen molar-refractivity contribution in [1.82, 2.24) is 19.9 Å². The van der Waals surface area contributed by atoms with Crippen LogP contribution in [0.4, 0.5) is 0 Å². The van der Waals surface area contributed by atoms with Crippen LogP contribution in [0.3, 0.4) is 0 Å². The van der Waals surface area contributed by atoms with Crippen molar-refractivity contribution >= 4 is 28.7 Å². The molecule has 106 valence electrons. The van der Waals surface area contributed by atoms with Gasteiger partial charge in [-0.3, -0.25) is 4.79 Å². The molecule has 2 aromatic heterocycles. The Morgan fingerprint density at radius 3 is 3.10 bits per heavy atom. The largest absolute Gasteiger partial charge is 0.354 e. The van der Waals surface area contributed by atoms with Crippen molar-refractivity contribution in [3.05, 3.63) is 23.7 Å². The Morgan fingerprint density at radius 2 is 2.40 bits per heavy atom. The van der Waals surface area contributed by atoms with Crippen LogP contribution in [-0.4, -0.2) is 32.9 Å². The summed E-state index contributed by atoms with van der Waals surface area (Å²) in [7, 11) is 0. The number of carbonyl (C=O) groups is 1. The van der Waals surface area contributed by atoms with Crippen LogP contribution in [0, 0.1) is 6.92 Å². The van der Waals surface area contributed by atoms with E-state index in [0.29, 0.717) is 25.3 Å². The van der Waals surface area contributed by atoms with Crippen molar-refractivity contribution in [3.8, 4) is 0 Å². The van der Waals surface area contributed by atoms with Crippen molar-refractivity contribution in [2.24, 2.45) is 0 Å². The van der Waals surface area contributed by atoms with Gasteiger partial charge in [-0.1, -0.05) is 0 Å². The summed E-state index contributed by atoms with van der Waals surface area (Å²) in [5, 5.41) is 2.92. The molecule has 1 unspecified atom stereocenters. The highest BCUT2D eigenvalue weighted by Gasteiger charge is 2.24. The Hall–Kier alpha value is -1.62. The molecule has 3 rings (SSSR count). The third-order valence-electron chi connectivity index (χ3n) is 3.66. The molecule has 3 heterocycles. The van der Waals surface area contributed by atoms with Gasteiger partial charge in [0.1, 0.15) is 11.3 Å². The molecular weight excluding hydrogens is 276 g/mol. The summed E-state index contributed by atoms with van der Waals surface area (Å²) in [5.41, 5.74) is 2.88. The predicted molar refractivity (Wildman–Crippen MR) is 78.0 cm³/mol. The maximum atomic E-state index is 11.3. The number of nitrogens with one attached hydrogen (secondary N) is 1. The molecule has 1 aliphatic rings. The van der Waals surface area contributed by atoms with Gasteiger partial charge in [0.15, 0.2) is 5.65 Å². The van der Waals surface area contributed by atoms with Gasteiger partial charge >= 0.3 is 0 Å². The number of nitrogens with zero attached hydrogens (tertiary/aromatic N) is 3. The van der Waals surface area contributed by atoms with Crippen molar-refractivity contribution < 1.29 is 4.79 Å². The minimum absolute atomic E-state index is 0.119. The number of alkyl halides is 1. The van der Waals surface area contributed by atoms with Crippen molar-refractivity contribution in [1.29, 1.82) is 0 Å². The van der Waals surface area contributed by atoms with E-state index in [2.05, 4.69) is 19.9 Å². The van der Waals surface area contributed by atoms with Gasteiger partial charge in [-0.25, -0.2) is 9.97 Å². The summed E-state index contributed by atoms with van der Waals surface area (Å²) >= 11 is 5.89. The minimum atomic E-state index is 0.119. The number of hydrogen-bond acceptors (Lipinski definition) is 3. The highest BCUT2D eigenvalue weighted by Crippen LogP contribution is 2.25. The Kier molecular flexibility index (Phi) is 3.61. The summed E-state index contributed by atoms with van der Waals surface area (Å²) < 4.78 is 2.15. The lowest BCUT2D eigenvalue weighted by atomic mass is 10.1. The molecule has 0 bridgehead atoms. The van der Waals surface area contributed by atoms with Gasteiger partial charge in [0.2, 0.25) is 5.91 Å². The zero-order chi connectivity index (χ0) is 14.1. The molecule has 1 N–H and O–H groups in total. The van der Waals surface area contributed by atoms with E-state index in [0.717, 1.165) is 29.0 Å². The Bertz CT molecular complexity index is 642. The third-order valence-corrected chi connectivity index (χ3v) is 3.85. The van der Waals surface area contributed by atoms with Gasteiger partial charge in [0.25, 0.3) is 0 Å². The molecule has 1 amide bonds. The Balaban J connectivity index is 2.06. The molecule has 1 saturated heterocycles. The van der Waals surface area contributed by atoms with E-state index in [-0.39, 0.29) is 11.9 Å². The van der Waals surface area contributed by atoms with Gasteiger partial charge in [-0.05, 0) is 25.0 Å². The number of pyridine rings is 1. The number of piperidine rings is 1. The second-order valence-electron chi connectivity index (χ2n) is 5.19. The summed E-state index contributed by atoms with van der Waals surface area (Å²) in [6.45, 7) is 2.64. The van der Waals surface area contributed by atoms with Crippen LogP contribution in [-0.2, 0) is 11.2 Å². The van der Waals surface area contributed by atoms with E-state index >= 15 is 0 Å². The van der Waals surface area contributed by atoms with E-state index in [9.17, 15) is 4.79 Å². The van der Waals surface area contributed by atoms with Gasteiger partial charge in [0, 0.05) is 31.5 Å². The van der Waals surface area contributed by atoms with E-state index < -0.39 is 0 Å². The highest BCUT2D eigenvalue weighted by molar-refractivity contribution is 6.17. The molecule has 1 atom stereocenters. The van der Waals surface area contributed by atoms with Gasteiger partial charge in [-0.15, -0.1) is 11.6 Å². The molecular formula is C14H17ClN4O. The number of aryl methyl sites for hydroxylation is 2. The maximum absolute atomic E-state index is 11.3. The average Bonchev–Trinajstić information content (AvgIpc) is 2.77. The summed E-state index contributed by atoms with van der Waals surface area (Å²) in [6.07, 6.45) is 3.94. The lowest BCUT2D eigenvalue weighted by Crippen LogP contribution is -2.36. The molecule has 0 radical (unpaired) electrons. The first kappa shape index (κ1) is 13.4. The number of carbonyl (C=O) groups excluding carboxylic acids is 1. The Labute approximate surface area is 122 Å². The topological polar surface area (TPSA) is 59.8 Å². The zero-order valence-electron chi connectivity index (χ0n) is 11.4. The minimum Gasteiger partial charge on any atom is -0.354 e. The normalized spacial score (nSPS) is 19.3. The summed E-state index contributed by atoms with van der Waals surface area (Å²) in [5.74, 6) is 1.60. The quantitative estimate of drug-likeness (QED) is 0.880. The Morgan fingerprint density at radius 1 is 1.55 bits per heavy atom. The average molecular weight is 293 g/mol. The first-order chi connectivity index (χ1) is 9.69. The van der Waals surface area contributed by atoms with Crippen LogP contribution in [0.5, 0.6) is 0 Å². The molecule has 2 aromatic rings. The molecule has 0 aromatic carbocycles. The first-order valence-corrected chi connectivity index (χ1v) is 7.38. The van der Waals surface area contributed by atoms with E-state index in [1.807, 2.05) is 19.2 Å². The van der Waals surface area contributed by atoms with Gasteiger partial charge < -0.3 is 9.88 Å². The fourth-order valence-electron chi connectivity index (χ4n) is 2.71. The summed E-state index contributed by atoms with van der Waals surface area (Å²) in [6, 6.07) is 2.25. The number of halogens is 1. The number of imidazole rings is 1. The second kappa shape index (κ2) is 5.40. The van der Waals surface area contributed by atoms with Crippen LogP contribution in [0.15, 0.2) is 12.3 Å². The molecule has 5 nitrogen and oxygen atoms in total. The maximum Gasteiger partial charge on any atom is 0.220 e. The fraction of sp³-hybridized carbons (Fsp3) is 0.500. The molecule has 0 spiro atoms. The molecule has 0 aliphatic carbocycles. The monoisotopic (exact) mass is 292 g/mol. The van der Waals surface area contributed by atoms with Gasteiger partial charge in [0.05, 0.1) is 6.04 Å². The summed E-state index contributed by atoms with van der Waals surface area (Å²) in [4.78, 5) is 20.5. The number of rotatable bonds is 3. The van der Waals surface area contributed by atoms with E-state index in [4.69, 9.17) is 11.6 Å². The fourth-order valence-corrected chi connectivity index (χ4v) is 2.88. The SMILES string of the molecule is Cc1cnc2c(c1)nc(CCCl)n2C1CCC(=O)NC1. The number of hydrogen-bond donors (Lipinski definition) is 1. The van der Waals surface area contributed by atoms with Crippen LogP contribution in [0.2, 0.25) is 0 Å². The van der Waals surface area contributed by atoms with Crippen LogP contribution in [0.25, 0.3) is 11.2 Å². The zero-order valence-corrected chi connectivity index (χ0v) is 12.2.